The van der Waals surface area contributed by atoms with Crippen molar-refractivity contribution in [3.8, 4) is 33.9 Å². The fourth-order valence-corrected chi connectivity index (χ4v) is 3.08. The largest absolute Gasteiger partial charge is 0.508 e. The van der Waals surface area contributed by atoms with Crippen LogP contribution < -0.4 is 5.43 Å². The van der Waals surface area contributed by atoms with Crippen LogP contribution in [-0.2, 0) is 0 Å². The zero-order valence-electron chi connectivity index (χ0n) is 14.9. The van der Waals surface area contributed by atoms with E-state index in [-0.39, 0.29) is 16.9 Å². The van der Waals surface area contributed by atoms with E-state index in [1.165, 1.54) is 18.2 Å². The zero-order chi connectivity index (χ0) is 18.8. The molecule has 2 N–H and O–H groups in total. The lowest BCUT2D eigenvalue weighted by molar-refractivity contribution is 0.474. The first-order valence-corrected chi connectivity index (χ1v) is 8.52. The van der Waals surface area contributed by atoms with E-state index in [9.17, 15) is 15.0 Å². The van der Waals surface area contributed by atoms with Crippen LogP contribution in [-0.4, -0.2) is 10.2 Å². The van der Waals surface area contributed by atoms with Gasteiger partial charge in [0.15, 0.2) is 5.43 Å². The summed E-state index contributed by atoms with van der Waals surface area (Å²) in [5.41, 5.74) is 3.91. The van der Waals surface area contributed by atoms with Gasteiger partial charge >= 0.3 is 0 Å². The van der Waals surface area contributed by atoms with E-state index in [0.29, 0.717) is 11.3 Å². The highest BCUT2D eigenvalue weighted by Crippen LogP contribution is 2.42. The molecule has 0 bridgehead atoms. The zero-order valence-corrected chi connectivity index (χ0v) is 14.9. The van der Waals surface area contributed by atoms with E-state index in [4.69, 9.17) is 4.42 Å². The summed E-state index contributed by atoms with van der Waals surface area (Å²) in [5.74, 6) is 0.755. The van der Waals surface area contributed by atoms with Gasteiger partial charge in [0.2, 0.25) is 0 Å². The van der Waals surface area contributed by atoms with Crippen molar-refractivity contribution in [3.63, 3.8) is 0 Å². The van der Waals surface area contributed by atoms with Crippen LogP contribution in [0.4, 0.5) is 0 Å². The molecule has 26 heavy (non-hydrogen) atoms. The second-order valence-electron chi connectivity index (χ2n) is 5.81. The van der Waals surface area contributed by atoms with E-state index >= 15 is 0 Å². The number of hydrogen-bond acceptors (Lipinski definition) is 4. The van der Waals surface area contributed by atoms with Crippen molar-refractivity contribution in [2.75, 3.05) is 0 Å². The summed E-state index contributed by atoms with van der Waals surface area (Å²) >= 11 is 0. The summed E-state index contributed by atoms with van der Waals surface area (Å²) < 4.78 is 5.82. The summed E-state index contributed by atoms with van der Waals surface area (Å²) in [6.45, 7) is 5.92. The normalized spacial score (nSPS) is 10.6. The Morgan fingerprint density at radius 3 is 2.19 bits per heavy atom. The molecule has 0 amide bonds. The summed E-state index contributed by atoms with van der Waals surface area (Å²) in [6, 6.07) is 14.8. The quantitative estimate of drug-likeness (QED) is 0.457. The van der Waals surface area contributed by atoms with E-state index in [1.54, 1.807) is 30.3 Å². The summed E-state index contributed by atoms with van der Waals surface area (Å²) in [7, 11) is 0. The number of fused-ring (bicyclic) bond motifs is 2. The fourth-order valence-electron chi connectivity index (χ4n) is 3.08. The molecule has 4 rings (SSSR count). The van der Waals surface area contributed by atoms with Gasteiger partial charge in [-0.15, -0.1) is 0 Å². The molecular formula is C22H20O4. The molecule has 1 aliphatic heterocycles. The molecular weight excluding hydrogens is 328 g/mol. The molecule has 4 nitrogen and oxygen atoms in total. The van der Waals surface area contributed by atoms with Gasteiger partial charge in [-0.2, -0.15) is 0 Å². The monoisotopic (exact) mass is 348 g/mol. The van der Waals surface area contributed by atoms with E-state index in [0.717, 1.165) is 27.6 Å². The van der Waals surface area contributed by atoms with Crippen LogP contribution in [0.1, 0.15) is 19.4 Å². The van der Waals surface area contributed by atoms with Crippen LogP contribution >= 0.6 is 0 Å². The van der Waals surface area contributed by atoms with Crippen molar-refractivity contribution in [1.82, 2.24) is 0 Å². The third-order valence-corrected chi connectivity index (χ3v) is 4.16. The Morgan fingerprint density at radius 1 is 0.808 bits per heavy atom. The molecule has 0 unspecified atom stereocenters. The lowest BCUT2D eigenvalue weighted by atomic mass is 9.91. The van der Waals surface area contributed by atoms with Gasteiger partial charge in [0.05, 0.1) is 0 Å². The summed E-state index contributed by atoms with van der Waals surface area (Å²) in [6.07, 6.45) is 0. The van der Waals surface area contributed by atoms with Crippen LogP contribution in [0.15, 0.2) is 63.8 Å². The number of rotatable bonds is 1. The molecule has 0 aromatic heterocycles. The Morgan fingerprint density at radius 2 is 1.46 bits per heavy atom. The summed E-state index contributed by atoms with van der Waals surface area (Å²) in [5, 5.41) is 20.3. The minimum absolute atomic E-state index is 0.0947. The topological polar surface area (TPSA) is 70.7 Å². The first-order chi connectivity index (χ1) is 12.5. The van der Waals surface area contributed by atoms with Crippen LogP contribution in [0, 0.1) is 6.92 Å². The Balaban J connectivity index is 0.000000948. The fraction of sp³-hybridized carbons (Fsp3) is 0.136. The molecule has 0 radical (unpaired) electrons. The maximum absolute atomic E-state index is 11.7. The first-order valence-electron chi connectivity index (χ1n) is 8.52. The minimum atomic E-state index is -0.140. The number of benzene rings is 3. The van der Waals surface area contributed by atoms with Crippen LogP contribution in [0.2, 0.25) is 0 Å². The standard InChI is InChI=1S/C20H14O4.C2H6/c1-11-8-12(21)2-5-15(11)20-16-6-3-13(22)9-18(16)24-19-10-14(23)4-7-17(19)20;1-2/h2-10,21-22H,1H3;1-2H3. The van der Waals surface area contributed by atoms with Gasteiger partial charge in [0.1, 0.15) is 22.8 Å². The molecule has 0 fully saturated rings. The smallest absolute Gasteiger partial charge is 0.182 e. The van der Waals surface area contributed by atoms with Gasteiger partial charge in [-0.1, -0.05) is 19.9 Å². The second kappa shape index (κ2) is 6.92. The molecule has 2 aromatic carbocycles. The Bertz CT molecular complexity index is 1110. The van der Waals surface area contributed by atoms with Crippen LogP contribution in [0.5, 0.6) is 11.5 Å². The van der Waals surface area contributed by atoms with E-state index < -0.39 is 0 Å². The van der Waals surface area contributed by atoms with Gasteiger partial charge < -0.3 is 14.6 Å². The van der Waals surface area contributed by atoms with Crippen molar-refractivity contribution in [1.29, 1.82) is 0 Å². The SMILES string of the molecule is CC.Cc1cc(O)ccc1-c1c2ccc(=O)cc-2oc2cc(O)ccc12. The molecule has 1 heterocycles. The average molecular weight is 348 g/mol. The molecule has 1 aliphatic carbocycles. The molecule has 2 aliphatic rings. The summed E-state index contributed by atoms with van der Waals surface area (Å²) in [4.78, 5) is 11.7. The lowest BCUT2D eigenvalue weighted by Gasteiger charge is -2.16. The van der Waals surface area contributed by atoms with Crippen molar-refractivity contribution < 1.29 is 14.6 Å². The maximum Gasteiger partial charge on any atom is 0.182 e. The molecule has 0 saturated heterocycles. The highest BCUT2D eigenvalue weighted by molar-refractivity contribution is 6.02. The van der Waals surface area contributed by atoms with Crippen molar-refractivity contribution in [2.45, 2.75) is 20.8 Å². The predicted octanol–water partition coefficient (Wildman–Crippen LogP) is 5.31. The molecule has 0 atom stereocenters. The number of phenols is 2. The highest BCUT2D eigenvalue weighted by Gasteiger charge is 2.18. The maximum atomic E-state index is 11.7. The van der Waals surface area contributed by atoms with Crippen molar-refractivity contribution >= 4 is 11.0 Å². The second-order valence-corrected chi connectivity index (χ2v) is 5.81. The number of phenolic OH excluding ortho intramolecular Hbond substituents is 2. The highest BCUT2D eigenvalue weighted by atomic mass is 16.3. The van der Waals surface area contributed by atoms with Crippen LogP contribution in [0.25, 0.3) is 33.4 Å². The minimum Gasteiger partial charge on any atom is -0.508 e. The first kappa shape index (κ1) is 17.5. The predicted molar refractivity (Wildman–Crippen MR) is 104 cm³/mol. The number of hydrogen-bond donors (Lipinski definition) is 2. The van der Waals surface area contributed by atoms with E-state index in [2.05, 4.69) is 0 Å². The van der Waals surface area contributed by atoms with Gasteiger partial charge in [-0.05, 0) is 54.4 Å². The molecule has 132 valence electrons. The lowest BCUT2D eigenvalue weighted by Crippen LogP contribution is -2.00. The average Bonchev–Trinajstić information content (AvgIpc) is 2.61. The van der Waals surface area contributed by atoms with E-state index in [1.807, 2.05) is 26.8 Å². The number of aromatic hydroxyl groups is 2. The molecule has 2 aromatic rings. The molecule has 0 saturated carbocycles. The van der Waals surface area contributed by atoms with Crippen molar-refractivity contribution in [3.05, 3.63) is 70.4 Å². The molecule has 0 spiro atoms. The van der Waals surface area contributed by atoms with Gasteiger partial charge in [0.25, 0.3) is 0 Å². The Labute approximate surface area is 151 Å². The molecule has 4 heteroatoms. The Kier molecular flexibility index (Phi) is 4.67. The van der Waals surface area contributed by atoms with Gasteiger partial charge in [-0.25, -0.2) is 0 Å². The van der Waals surface area contributed by atoms with Crippen molar-refractivity contribution in [2.24, 2.45) is 0 Å². The third kappa shape index (κ3) is 3.02. The van der Waals surface area contributed by atoms with Gasteiger partial charge in [0, 0.05) is 28.6 Å². The number of aryl methyl sites for hydroxylation is 1. The third-order valence-electron chi connectivity index (χ3n) is 4.16. The van der Waals surface area contributed by atoms with Crippen LogP contribution in [0.3, 0.4) is 0 Å². The Hall–Kier alpha value is -3.27. The van der Waals surface area contributed by atoms with Gasteiger partial charge in [-0.3, -0.25) is 4.79 Å².